The molecule has 0 radical (unpaired) electrons. The summed E-state index contributed by atoms with van der Waals surface area (Å²) < 4.78 is 10.1. The van der Waals surface area contributed by atoms with Crippen molar-refractivity contribution < 1.29 is 19.1 Å². The van der Waals surface area contributed by atoms with Crippen LogP contribution in [0.2, 0.25) is 0 Å². The Balaban J connectivity index is 2.07. The second-order valence-corrected chi connectivity index (χ2v) is 2.58. The van der Waals surface area contributed by atoms with Crippen LogP contribution in [0, 0.1) is 0 Å². The summed E-state index contributed by atoms with van der Waals surface area (Å²) in [6.07, 6.45) is 0.873. The summed E-state index contributed by atoms with van der Waals surface area (Å²) in [7, 11) is 0. The van der Waals surface area contributed by atoms with Crippen LogP contribution >= 0.6 is 0 Å². The fourth-order valence-electron chi connectivity index (χ4n) is 0.849. The van der Waals surface area contributed by atoms with Crippen LogP contribution in [0.25, 0.3) is 0 Å². The first-order chi connectivity index (χ1) is 6.33. The number of nitrogens with two attached hydrogens (primary N) is 1. The fourth-order valence-corrected chi connectivity index (χ4v) is 0.849. The van der Waals surface area contributed by atoms with Crippen LogP contribution in [0.5, 0.6) is 0 Å². The van der Waals surface area contributed by atoms with Crippen molar-refractivity contribution in [2.24, 2.45) is 5.90 Å². The van der Waals surface area contributed by atoms with Gasteiger partial charge in [-0.3, -0.25) is 0 Å². The Morgan fingerprint density at radius 2 is 2.38 bits per heavy atom. The second-order valence-electron chi connectivity index (χ2n) is 2.58. The Morgan fingerprint density at radius 1 is 1.54 bits per heavy atom. The van der Waals surface area contributed by atoms with E-state index in [1.165, 1.54) is 0 Å². The summed E-state index contributed by atoms with van der Waals surface area (Å²) in [5, 5.41) is 9.12. The SMILES string of the molecule is NOC[C@@H](O)COCc1ccco1. The summed E-state index contributed by atoms with van der Waals surface area (Å²) in [5.41, 5.74) is 0. The molecule has 0 unspecified atom stereocenters. The maximum atomic E-state index is 9.12. The molecule has 1 rings (SSSR count). The average molecular weight is 187 g/mol. The molecular formula is C8H13NO4. The number of aliphatic hydroxyl groups is 1. The summed E-state index contributed by atoms with van der Waals surface area (Å²) >= 11 is 0. The van der Waals surface area contributed by atoms with E-state index in [0.29, 0.717) is 6.61 Å². The van der Waals surface area contributed by atoms with Gasteiger partial charge in [-0.2, -0.15) is 0 Å². The minimum Gasteiger partial charge on any atom is -0.467 e. The average Bonchev–Trinajstić information content (AvgIpc) is 2.57. The fraction of sp³-hybridized carbons (Fsp3) is 0.500. The van der Waals surface area contributed by atoms with Crippen LogP contribution in [0.3, 0.4) is 0 Å². The summed E-state index contributed by atoms with van der Waals surface area (Å²) in [6, 6.07) is 3.57. The summed E-state index contributed by atoms with van der Waals surface area (Å²) in [4.78, 5) is 4.24. The number of hydrogen-bond acceptors (Lipinski definition) is 5. The lowest BCUT2D eigenvalue weighted by Gasteiger charge is -2.08. The van der Waals surface area contributed by atoms with Crippen LogP contribution < -0.4 is 5.90 Å². The molecule has 0 spiro atoms. The molecule has 5 heteroatoms. The third-order valence-electron chi connectivity index (χ3n) is 1.42. The number of furan rings is 1. The van der Waals surface area contributed by atoms with Crippen LogP contribution in [-0.4, -0.2) is 24.4 Å². The van der Waals surface area contributed by atoms with Crippen molar-refractivity contribution in [1.82, 2.24) is 0 Å². The van der Waals surface area contributed by atoms with Crippen molar-refractivity contribution in [1.29, 1.82) is 0 Å². The van der Waals surface area contributed by atoms with E-state index < -0.39 is 6.10 Å². The van der Waals surface area contributed by atoms with Gasteiger partial charge in [0, 0.05) is 0 Å². The highest BCUT2D eigenvalue weighted by molar-refractivity contribution is 4.95. The third kappa shape index (κ3) is 4.05. The van der Waals surface area contributed by atoms with Gasteiger partial charge in [0.2, 0.25) is 0 Å². The van der Waals surface area contributed by atoms with E-state index in [1.54, 1.807) is 18.4 Å². The summed E-state index contributed by atoms with van der Waals surface area (Å²) in [5.74, 6) is 5.48. The minimum atomic E-state index is -0.694. The lowest BCUT2D eigenvalue weighted by molar-refractivity contribution is -0.0268. The Bertz CT molecular complexity index is 212. The standard InChI is InChI=1S/C8H13NO4/c9-13-5-7(10)4-11-6-8-2-1-3-12-8/h1-3,7,10H,4-6,9H2/t7-/m0/s1. The lowest BCUT2D eigenvalue weighted by atomic mass is 10.4. The topological polar surface area (TPSA) is 77.9 Å². The summed E-state index contributed by atoms with van der Waals surface area (Å²) in [6.45, 7) is 0.588. The van der Waals surface area contributed by atoms with Gasteiger partial charge in [0.15, 0.2) is 0 Å². The van der Waals surface area contributed by atoms with E-state index in [1.807, 2.05) is 0 Å². The van der Waals surface area contributed by atoms with Crippen molar-refractivity contribution in [3.8, 4) is 0 Å². The molecule has 5 nitrogen and oxygen atoms in total. The first kappa shape index (κ1) is 10.2. The lowest BCUT2D eigenvalue weighted by Crippen LogP contribution is -2.23. The van der Waals surface area contributed by atoms with Crippen molar-refractivity contribution in [2.45, 2.75) is 12.7 Å². The monoisotopic (exact) mass is 187 g/mol. The zero-order valence-electron chi connectivity index (χ0n) is 7.18. The Labute approximate surface area is 76.0 Å². The highest BCUT2D eigenvalue weighted by atomic mass is 16.6. The number of aliphatic hydroxyl groups excluding tert-OH is 1. The van der Waals surface area contributed by atoms with E-state index in [9.17, 15) is 0 Å². The van der Waals surface area contributed by atoms with E-state index >= 15 is 0 Å². The van der Waals surface area contributed by atoms with Gasteiger partial charge in [-0.15, -0.1) is 0 Å². The van der Waals surface area contributed by atoms with Crippen LogP contribution in [0.1, 0.15) is 5.76 Å². The van der Waals surface area contributed by atoms with E-state index in [2.05, 4.69) is 4.84 Å². The van der Waals surface area contributed by atoms with Crippen molar-refractivity contribution in [3.05, 3.63) is 24.2 Å². The Hall–Kier alpha value is -0.880. The number of hydrogen-bond donors (Lipinski definition) is 2. The maximum Gasteiger partial charge on any atom is 0.129 e. The van der Waals surface area contributed by atoms with E-state index in [4.69, 9.17) is 20.2 Å². The van der Waals surface area contributed by atoms with Gasteiger partial charge < -0.3 is 19.1 Å². The van der Waals surface area contributed by atoms with Gasteiger partial charge in [-0.25, -0.2) is 5.90 Å². The van der Waals surface area contributed by atoms with Gasteiger partial charge in [0.25, 0.3) is 0 Å². The first-order valence-electron chi connectivity index (χ1n) is 3.93. The highest BCUT2D eigenvalue weighted by Gasteiger charge is 2.04. The molecule has 1 aromatic rings. The predicted octanol–water partition coefficient (Wildman–Crippen LogP) is 0.0474. The molecule has 0 aromatic carbocycles. The van der Waals surface area contributed by atoms with Crippen LogP contribution in [0.15, 0.2) is 22.8 Å². The number of ether oxygens (including phenoxy) is 1. The smallest absolute Gasteiger partial charge is 0.129 e. The number of rotatable bonds is 6. The first-order valence-corrected chi connectivity index (χ1v) is 3.93. The molecule has 0 bridgehead atoms. The van der Waals surface area contributed by atoms with Crippen molar-refractivity contribution in [2.75, 3.05) is 13.2 Å². The van der Waals surface area contributed by atoms with E-state index in [-0.39, 0.29) is 13.2 Å². The molecule has 0 fully saturated rings. The molecule has 1 aromatic heterocycles. The maximum absolute atomic E-state index is 9.12. The normalized spacial score (nSPS) is 13.1. The van der Waals surface area contributed by atoms with Gasteiger partial charge in [-0.05, 0) is 12.1 Å². The second kappa shape index (κ2) is 5.71. The molecule has 13 heavy (non-hydrogen) atoms. The van der Waals surface area contributed by atoms with Crippen molar-refractivity contribution >= 4 is 0 Å². The van der Waals surface area contributed by atoms with Gasteiger partial charge >= 0.3 is 0 Å². The molecule has 3 N–H and O–H groups in total. The molecule has 0 amide bonds. The highest BCUT2D eigenvalue weighted by Crippen LogP contribution is 2.01. The van der Waals surface area contributed by atoms with Crippen molar-refractivity contribution in [3.63, 3.8) is 0 Å². The minimum absolute atomic E-state index is 0.0676. The molecule has 0 saturated carbocycles. The van der Waals surface area contributed by atoms with Crippen LogP contribution in [-0.2, 0) is 16.2 Å². The van der Waals surface area contributed by atoms with E-state index in [0.717, 1.165) is 5.76 Å². The molecule has 1 atom stereocenters. The molecule has 0 aliphatic carbocycles. The zero-order chi connectivity index (χ0) is 9.52. The Morgan fingerprint density at radius 3 is 3.00 bits per heavy atom. The Kier molecular flexibility index (Phi) is 4.48. The molecule has 0 aliphatic rings. The molecule has 1 heterocycles. The molecule has 74 valence electrons. The molecule has 0 aliphatic heterocycles. The molecular weight excluding hydrogens is 174 g/mol. The van der Waals surface area contributed by atoms with Gasteiger partial charge in [-0.1, -0.05) is 0 Å². The van der Waals surface area contributed by atoms with Gasteiger partial charge in [0.05, 0.1) is 19.5 Å². The third-order valence-corrected chi connectivity index (χ3v) is 1.42. The zero-order valence-corrected chi connectivity index (χ0v) is 7.18. The predicted molar refractivity (Wildman–Crippen MR) is 44.5 cm³/mol. The van der Waals surface area contributed by atoms with Gasteiger partial charge in [0.1, 0.15) is 18.5 Å². The largest absolute Gasteiger partial charge is 0.467 e. The quantitative estimate of drug-likeness (QED) is 0.615. The van der Waals surface area contributed by atoms with Crippen LogP contribution in [0.4, 0.5) is 0 Å². The molecule has 0 saturated heterocycles.